The lowest BCUT2D eigenvalue weighted by atomic mass is 9.97. The van der Waals surface area contributed by atoms with E-state index in [1.807, 2.05) is 24.3 Å². The first-order valence-electron chi connectivity index (χ1n) is 9.51. The van der Waals surface area contributed by atoms with Crippen LogP contribution in [0, 0.1) is 0 Å². The smallest absolute Gasteiger partial charge is 0.251 e. The summed E-state index contributed by atoms with van der Waals surface area (Å²) >= 11 is 0. The van der Waals surface area contributed by atoms with Crippen molar-refractivity contribution < 1.29 is 4.79 Å². The average molecular weight is 349 g/mol. The highest BCUT2D eigenvalue weighted by molar-refractivity contribution is 5.94. The second-order valence-corrected chi connectivity index (χ2v) is 6.71. The predicted octanol–water partition coefficient (Wildman–Crippen LogP) is 4.36. The van der Waals surface area contributed by atoms with E-state index in [4.69, 9.17) is 0 Å². The first-order chi connectivity index (χ1) is 12.8. The molecule has 1 aliphatic carbocycles. The maximum absolute atomic E-state index is 12.3. The van der Waals surface area contributed by atoms with Gasteiger partial charge in [-0.05, 0) is 56.2 Å². The van der Waals surface area contributed by atoms with Gasteiger partial charge >= 0.3 is 0 Å². The quantitative estimate of drug-likeness (QED) is 0.696. The molecule has 4 nitrogen and oxygen atoms in total. The van der Waals surface area contributed by atoms with Crippen molar-refractivity contribution in [1.29, 1.82) is 0 Å². The highest BCUT2D eigenvalue weighted by Gasteiger charge is 2.07. The summed E-state index contributed by atoms with van der Waals surface area (Å²) < 4.78 is 0. The number of benzene rings is 1. The van der Waals surface area contributed by atoms with Crippen LogP contribution in [0.15, 0.2) is 60.3 Å². The fourth-order valence-corrected chi connectivity index (χ4v) is 3.22. The lowest BCUT2D eigenvalue weighted by molar-refractivity contribution is 0.0954. The van der Waals surface area contributed by atoms with Gasteiger partial charge in [0.1, 0.15) is 5.82 Å². The fourth-order valence-electron chi connectivity index (χ4n) is 3.22. The summed E-state index contributed by atoms with van der Waals surface area (Å²) in [5.41, 5.74) is 3.41. The molecule has 0 unspecified atom stereocenters. The third kappa shape index (κ3) is 5.73. The van der Waals surface area contributed by atoms with Gasteiger partial charge in [0, 0.05) is 24.8 Å². The van der Waals surface area contributed by atoms with Crippen LogP contribution in [0.2, 0.25) is 0 Å². The molecule has 0 spiro atoms. The third-order valence-corrected chi connectivity index (χ3v) is 4.70. The number of allylic oxidation sites excluding steroid dienone is 1. The molecular weight excluding hydrogens is 322 g/mol. The van der Waals surface area contributed by atoms with Gasteiger partial charge in [-0.3, -0.25) is 4.79 Å². The molecule has 2 aromatic rings. The minimum atomic E-state index is -0.0543. The summed E-state index contributed by atoms with van der Waals surface area (Å²) in [7, 11) is 0. The third-order valence-electron chi connectivity index (χ3n) is 4.70. The van der Waals surface area contributed by atoms with Gasteiger partial charge in [0.25, 0.3) is 5.91 Å². The molecule has 0 fully saturated rings. The zero-order chi connectivity index (χ0) is 18.0. The summed E-state index contributed by atoms with van der Waals surface area (Å²) in [4.78, 5) is 16.7. The maximum Gasteiger partial charge on any atom is 0.251 e. The average Bonchev–Trinajstić information content (AvgIpc) is 2.70. The van der Waals surface area contributed by atoms with Gasteiger partial charge in [-0.1, -0.05) is 42.0 Å². The molecule has 3 rings (SSSR count). The van der Waals surface area contributed by atoms with Crippen LogP contribution in [-0.2, 0) is 6.42 Å². The standard InChI is InChI=1S/C22H27N3O/c26-22(25-15-12-19-9-5-2-6-10-19)20-13-16-24-21(17-20)23-14-11-18-7-3-1-4-8-18/h2,5-7,9-10,13,16-17H,1,3-4,8,11-12,14-15H2,(H,23,24)(H,25,26). The van der Waals surface area contributed by atoms with Gasteiger partial charge in [-0.25, -0.2) is 4.98 Å². The molecule has 4 heteroatoms. The summed E-state index contributed by atoms with van der Waals surface area (Å²) in [6.07, 6.45) is 11.0. The number of anilines is 1. The number of nitrogens with zero attached hydrogens (tertiary/aromatic N) is 1. The molecule has 0 radical (unpaired) electrons. The van der Waals surface area contributed by atoms with Crippen LogP contribution in [0.4, 0.5) is 5.82 Å². The molecular formula is C22H27N3O. The van der Waals surface area contributed by atoms with Gasteiger partial charge in [0.2, 0.25) is 0 Å². The van der Waals surface area contributed by atoms with Crippen molar-refractivity contribution in [2.75, 3.05) is 18.4 Å². The minimum absolute atomic E-state index is 0.0543. The molecule has 1 heterocycles. The number of carbonyl (C=O) groups excluding carboxylic acids is 1. The fraction of sp³-hybridized carbons (Fsp3) is 0.364. The zero-order valence-electron chi connectivity index (χ0n) is 15.2. The lowest BCUT2D eigenvalue weighted by Crippen LogP contribution is -2.25. The van der Waals surface area contributed by atoms with Crippen molar-refractivity contribution in [2.24, 2.45) is 0 Å². The Labute approximate surface area is 155 Å². The number of rotatable bonds is 8. The van der Waals surface area contributed by atoms with Crippen LogP contribution >= 0.6 is 0 Å². The van der Waals surface area contributed by atoms with E-state index in [0.717, 1.165) is 25.2 Å². The van der Waals surface area contributed by atoms with Gasteiger partial charge in [-0.2, -0.15) is 0 Å². The molecule has 1 aromatic heterocycles. The molecule has 0 aliphatic heterocycles. The second-order valence-electron chi connectivity index (χ2n) is 6.71. The summed E-state index contributed by atoms with van der Waals surface area (Å²) in [6.45, 7) is 1.49. The monoisotopic (exact) mass is 349 g/mol. The van der Waals surface area contributed by atoms with Crippen molar-refractivity contribution in [3.8, 4) is 0 Å². The van der Waals surface area contributed by atoms with Gasteiger partial charge in [0.15, 0.2) is 0 Å². The molecule has 0 bridgehead atoms. The zero-order valence-corrected chi connectivity index (χ0v) is 15.2. The Morgan fingerprint density at radius 1 is 1.04 bits per heavy atom. The van der Waals surface area contributed by atoms with E-state index in [9.17, 15) is 4.79 Å². The van der Waals surface area contributed by atoms with E-state index in [1.54, 1.807) is 17.8 Å². The van der Waals surface area contributed by atoms with E-state index in [0.29, 0.717) is 12.1 Å². The molecule has 1 amide bonds. The molecule has 26 heavy (non-hydrogen) atoms. The Balaban J connectivity index is 1.45. The van der Waals surface area contributed by atoms with E-state index in [1.165, 1.54) is 31.2 Å². The molecule has 0 saturated heterocycles. The highest BCUT2D eigenvalue weighted by atomic mass is 16.1. The van der Waals surface area contributed by atoms with E-state index < -0.39 is 0 Å². The highest BCUT2D eigenvalue weighted by Crippen LogP contribution is 2.20. The molecule has 1 aliphatic rings. The van der Waals surface area contributed by atoms with Gasteiger partial charge < -0.3 is 10.6 Å². The maximum atomic E-state index is 12.3. The Morgan fingerprint density at radius 2 is 1.92 bits per heavy atom. The van der Waals surface area contributed by atoms with Crippen molar-refractivity contribution in [3.05, 3.63) is 71.4 Å². The SMILES string of the molecule is O=C(NCCc1ccccc1)c1ccnc(NCCC2=CCCCC2)c1. The second kappa shape index (κ2) is 9.76. The van der Waals surface area contributed by atoms with E-state index in [2.05, 4.69) is 33.8 Å². The van der Waals surface area contributed by atoms with Crippen LogP contribution in [-0.4, -0.2) is 24.0 Å². The van der Waals surface area contributed by atoms with Crippen molar-refractivity contribution in [3.63, 3.8) is 0 Å². The van der Waals surface area contributed by atoms with Gasteiger partial charge in [-0.15, -0.1) is 0 Å². The van der Waals surface area contributed by atoms with Crippen LogP contribution in [0.25, 0.3) is 0 Å². The van der Waals surface area contributed by atoms with Crippen LogP contribution in [0.1, 0.15) is 48.0 Å². The Morgan fingerprint density at radius 3 is 2.73 bits per heavy atom. The number of aromatic nitrogens is 1. The van der Waals surface area contributed by atoms with Crippen LogP contribution < -0.4 is 10.6 Å². The topological polar surface area (TPSA) is 54.0 Å². The number of amides is 1. The first-order valence-corrected chi connectivity index (χ1v) is 9.51. The number of nitrogens with one attached hydrogen (secondary N) is 2. The number of pyridine rings is 1. The predicted molar refractivity (Wildman–Crippen MR) is 106 cm³/mol. The lowest BCUT2D eigenvalue weighted by Gasteiger charge is -2.13. The summed E-state index contributed by atoms with van der Waals surface area (Å²) in [6, 6.07) is 13.8. The van der Waals surface area contributed by atoms with Crippen molar-refractivity contribution in [1.82, 2.24) is 10.3 Å². The molecule has 2 N–H and O–H groups in total. The minimum Gasteiger partial charge on any atom is -0.370 e. The Hall–Kier alpha value is -2.62. The van der Waals surface area contributed by atoms with E-state index >= 15 is 0 Å². The van der Waals surface area contributed by atoms with Crippen molar-refractivity contribution >= 4 is 11.7 Å². The molecule has 1 aromatic carbocycles. The number of hydrogen-bond acceptors (Lipinski definition) is 3. The first kappa shape index (κ1) is 18.2. The summed E-state index contributed by atoms with van der Waals surface area (Å²) in [5, 5.41) is 6.32. The number of hydrogen-bond donors (Lipinski definition) is 2. The van der Waals surface area contributed by atoms with Gasteiger partial charge in [0.05, 0.1) is 0 Å². The van der Waals surface area contributed by atoms with E-state index in [-0.39, 0.29) is 5.91 Å². The molecule has 0 atom stereocenters. The summed E-state index contributed by atoms with van der Waals surface area (Å²) in [5.74, 6) is 0.707. The largest absolute Gasteiger partial charge is 0.370 e. The molecule has 136 valence electrons. The Bertz CT molecular complexity index is 740. The van der Waals surface area contributed by atoms with Crippen molar-refractivity contribution in [2.45, 2.75) is 38.5 Å². The van der Waals surface area contributed by atoms with Crippen LogP contribution in [0.3, 0.4) is 0 Å². The number of carbonyl (C=O) groups is 1. The van der Waals surface area contributed by atoms with Crippen LogP contribution in [0.5, 0.6) is 0 Å². The Kier molecular flexibility index (Phi) is 6.82. The molecule has 0 saturated carbocycles. The normalized spacial score (nSPS) is 13.8.